The second kappa shape index (κ2) is 6.69. The molecule has 0 amide bonds. The highest BCUT2D eigenvalue weighted by molar-refractivity contribution is 9.10. The van der Waals surface area contributed by atoms with Crippen LogP contribution in [0.4, 0.5) is 0 Å². The van der Waals surface area contributed by atoms with Gasteiger partial charge in [0.2, 0.25) is 0 Å². The van der Waals surface area contributed by atoms with Crippen molar-refractivity contribution in [2.75, 3.05) is 26.7 Å². The highest BCUT2D eigenvalue weighted by atomic mass is 79.9. The fourth-order valence-electron chi connectivity index (χ4n) is 2.68. The van der Waals surface area contributed by atoms with Crippen LogP contribution in [0.15, 0.2) is 22.7 Å². The molecule has 0 bridgehead atoms. The molecule has 1 aromatic carbocycles. The fourth-order valence-corrected chi connectivity index (χ4v) is 2.92. The van der Waals surface area contributed by atoms with Crippen molar-refractivity contribution in [3.8, 4) is 0 Å². The Bertz CT molecular complexity index is 392. The van der Waals surface area contributed by atoms with Crippen LogP contribution in [0.25, 0.3) is 0 Å². The molecule has 3 heteroatoms. The van der Waals surface area contributed by atoms with Crippen LogP contribution >= 0.6 is 15.9 Å². The highest BCUT2D eigenvalue weighted by Gasteiger charge is 2.16. The number of benzene rings is 1. The van der Waals surface area contributed by atoms with Gasteiger partial charge in [-0.25, -0.2) is 0 Å². The summed E-state index contributed by atoms with van der Waals surface area (Å²) in [6.07, 6.45) is 2.72. The summed E-state index contributed by atoms with van der Waals surface area (Å²) in [7, 11) is 2.23. The predicted molar refractivity (Wildman–Crippen MR) is 80.8 cm³/mol. The van der Waals surface area contributed by atoms with Crippen molar-refractivity contribution in [3.05, 3.63) is 33.8 Å². The fraction of sp³-hybridized carbons (Fsp3) is 0.600. The van der Waals surface area contributed by atoms with Gasteiger partial charge in [0, 0.05) is 17.6 Å². The molecule has 0 radical (unpaired) electrons. The average Bonchev–Trinajstić information content (AvgIpc) is 2.34. The minimum atomic E-state index is 0.820. The first-order chi connectivity index (χ1) is 8.65. The Balaban J connectivity index is 1.76. The summed E-state index contributed by atoms with van der Waals surface area (Å²) in [4.78, 5) is 2.44. The molecule has 100 valence electrons. The van der Waals surface area contributed by atoms with E-state index in [9.17, 15) is 0 Å². The van der Waals surface area contributed by atoms with Gasteiger partial charge >= 0.3 is 0 Å². The van der Waals surface area contributed by atoms with Crippen molar-refractivity contribution in [3.63, 3.8) is 0 Å². The third kappa shape index (κ3) is 4.08. The number of piperidine rings is 1. The summed E-state index contributed by atoms with van der Waals surface area (Å²) in [5.74, 6) is 0.820. The standard InChI is InChI=1S/C15H23BrN2/c1-12-8-13(5-6-15(12)16)9-17-10-14-4-3-7-18(2)11-14/h5-6,8,14,17H,3-4,7,9-11H2,1-2H3. The van der Waals surface area contributed by atoms with E-state index in [1.165, 1.54) is 41.5 Å². The first kappa shape index (κ1) is 14.0. The maximum Gasteiger partial charge on any atom is 0.0205 e. The lowest BCUT2D eigenvalue weighted by Gasteiger charge is -2.29. The molecule has 1 aromatic rings. The summed E-state index contributed by atoms with van der Waals surface area (Å²) in [5, 5.41) is 3.60. The van der Waals surface area contributed by atoms with Gasteiger partial charge in [-0.1, -0.05) is 28.1 Å². The quantitative estimate of drug-likeness (QED) is 0.919. The van der Waals surface area contributed by atoms with Crippen LogP contribution in [0.2, 0.25) is 0 Å². The van der Waals surface area contributed by atoms with E-state index in [1.54, 1.807) is 0 Å². The number of nitrogens with one attached hydrogen (secondary N) is 1. The summed E-state index contributed by atoms with van der Waals surface area (Å²) in [6, 6.07) is 6.59. The average molecular weight is 311 g/mol. The monoisotopic (exact) mass is 310 g/mol. The van der Waals surface area contributed by atoms with E-state index in [0.29, 0.717) is 0 Å². The molecule has 2 rings (SSSR count). The zero-order valence-electron chi connectivity index (χ0n) is 11.4. The molecular weight excluding hydrogens is 288 g/mol. The largest absolute Gasteiger partial charge is 0.312 e. The molecule has 0 spiro atoms. The summed E-state index contributed by atoms with van der Waals surface area (Å²) >= 11 is 3.54. The van der Waals surface area contributed by atoms with Crippen molar-refractivity contribution in [2.45, 2.75) is 26.3 Å². The maximum atomic E-state index is 3.60. The zero-order valence-corrected chi connectivity index (χ0v) is 13.0. The number of rotatable bonds is 4. The molecule has 1 heterocycles. The van der Waals surface area contributed by atoms with Gasteiger partial charge in [0.25, 0.3) is 0 Å². The van der Waals surface area contributed by atoms with E-state index in [1.807, 2.05) is 0 Å². The van der Waals surface area contributed by atoms with Gasteiger partial charge in [0.1, 0.15) is 0 Å². The van der Waals surface area contributed by atoms with Crippen LogP contribution in [0.1, 0.15) is 24.0 Å². The van der Waals surface area contributed by atoms with Crippen LogP contribution in [-0.2, 0) is 6.54 Å². The van der Waals surface area contributed by atoms with Gasteiger partial charge in [-0.3, -0.25) is 0 Å². The molecule has 1 aliphatic heterocycles. The molecule has 1 fully saturated rings. The van der Waals surface area contributed by atoms with Crippen molar-refractivity contribution in [2.24, 2.45) is 5.92 Å². The van der Waals surface area contributed by atoms with Crippen molar-refractivity contribution in [1.82, 2.24) is 10.2 Å². The zero-order chi connectivity index (χ0) is 13.0. The van der Waals surface area contributed by atoms with E-state index < -0.39 is 0 Å². The Hall–Kier alpha value is -0.380. The van der Waals surface area contributed by atoms with Crippen molar-refractivity contribution in [1.29, 1.82) is 0 Å². The van der Waals surface area contributed by atoms with Crippen LogP contribution in [0.5, 0.6) is 0 Å². The molecule has 1 saturated heterocycles. The molecule has 1 atom stereocenters. The van der Waals surface area contributed by atoms with Gasteiger partial charge in [-0.2, -0.15) is 0 Å². The maximum absolute atomic E-state index is 3.60. The molecule has 0 aliphatic carbocycles. The van der Waals surface area contributed by atoms with Crippen molar-refractivity contribution < 1.29 is 0 Å². The van der Waals surface area contributed by atoms with Gasteiger partial charge < -0.3 is 10.2 Å². The summed E-state index contributed by atoms with van der Waals surface area (Å²) in [5.41, 5.74) is 2.69. The lowest BCUT2D eigenvalue weighted by Crippen LogP contribution is -2.37. The Kier molecular flexibility index (Phi) is 5.22. The Labute approximate surface area is 119 Å². The lowest BCUT2D eigenvalue weighted by molar-refractivity contribution is 0.206. The number of likely N-dealkylation sites (tertiary alicyclic amines) is 1. The van der Waals surface area contributed by atoms with E-state index in [2.05, 4.69) is 58.3 Å². The minimum Gasteiger partial charge on any atom is -0.312 e. The number of aryl methyl sites for hydroxylation is 1. The summed E-state index contributed by atoms with van der Waals surface area (Å²) < 4.78 is 1.19. The van der Waals surface area contributed by atoms with Gasteiger partial charge in [0.05, 0.1) is 0 Å². The molecule has 0 saturated carbocycles. The summed E-state index contributed by atoms with van der Waals surface area (Å²) in [6.45, 7) is 6.77. The van der Waals surface area contributed by atoms with E-state index in [-0.39, 0.29) is 0 Å². The van der Waals surface area contributed by atoms with E-state index >= 15 is 0 Å². The Morgan fingerprint density at radius 3 is 3.00 bits per heavy atom. The first-order valence-electron chi connectivity index (χ1n) is 6.79. The predicted octanol–water partition coefficient (Wildman–Crippen LogP) is 3.19. The number of hydrogen-bond acceptors (Lipinski definition) is 2. The second-order valence-electron chi connectivity index (χ2n) is 5.48. The molecular formula is C15H23BrN2. The van der Waals surface area contributed by atoms with Gasteiger partial charge in [-0.05, 0) is 63.0 Å². The Morgan fingerprint density at radius 1 is 1.44 bits per heavy atom. The topological polar surface area (TPSA) is 15.3 Å². The third-order valence-electron chi connectivity index (χ3n) is 3.71. The van der Waals surface area contributed by atoms with E-state index in [4.69, 9.17) is 0 Å². The van der Waals surface area contributed by atoms with E-state index in [0.717, 1.165) is 19.0 Å². The Morgan fingerprint density at radius 2 is 2.28 bits per heavy atom. The van der Waals surface area contributed by atoms with Crippen LogP contribution < -0.4 is 5.32 Å². The normalized spacial score (nSPS) is 21.2. The molecule has 0 aromatic heterocycles. The highest BCUT2D eigenvalue weighted by Crippen LogP contribution is 2.17. The molecule has 18 heavy (non-hydrogen) atoms. The molecule has 1 N–H and O–H groups in total. The molecule has 2 nitrogen and oxygen atoms in total. The number of nitrogens with zero attached hydrogens (tertiary/aromatic N) is 1. The molecule has 1 aliphatic rings. The third-order valence-corrected chi connectivity index (χ3v) is 4.60. The SMILES string of the molecule is Cc1cc(CNCC2CCCN(C)C2)ccc1Br. The first-order valence-corrected chi connectivity index (χ1v) is 7.59. The van der Waals surface area contributed by atoms with Crippen LogP contribution in [0.3, 0.4) is 0 Å². The minimum absolute atomic E-state index is 0.820. The smallest absolute Gasteiger partial charge is 0.0205 e. The lowest BCUT2D eigenvalue weighted by atomic mass is 9.98. The van der Waals surface area contributed by atoms with Gasteiger partial charge in [-0.15, -0.1) is 0 Å². The van der Waals surface area contributed by atoms with Gasteiger partial charge in [0.15, 0.2) is 0 Å². The van der Waals surface area contributed by atoms with Crippen LogP contribution in [-0.4, -0.2) is 31.6 Å². The second-order valence-corrected chi connectivity index (χ2v) is 6.34. The number of halogens is 1. The number of hydrogen-bond donors (Lipinski definition) is 1. The molecule has 1 unspecified atom stereocenters. The van der Waals surface area contributed by atoms with Crippen molar-refractivity contribution >= 4 is 15.9 Å². The van der Waals surface area contributed by atoms with Crippen LogP contribution in [0, 0.1) is 12.8 Å².